The van der Waals surface area contributed by atoms with E-state index < -0.39 is 0 Å². The molecule has 2 aromatic rings. The molecule has 0 unspecified atom stereocenters. The highest BCUT2D eigenvalue weighted by atomic mass is 35.5. The van der Waals surface area contributed by atoms with Crippen molar-refractivity contribution in [3.63, 3.8) is 0 Å². The third kappa shape index (κ3) is 6.12. The summed E-state index contributed by atoms with van der Waals surface area (Å²) >= 11 is 5.81. The molecule has 0 aliphatic carbocycles. The predicted molar refractivity (Wildman–Crippen MR) is 91.6 cm³/mol. The van der Waals surface area contributed by atoms with Gasteiger partial charge in [-0.25, -0.2) is 0 Å². The summed E-state index contributed by atoms with van der Waals surface area (Å²) in [6.07, 6.45) is 1.08. The Hall–Kier alpha value is -2.33. The molecule has 5 heteroatoms. The second kappa shape index (κ2) is 8.96. The molecule has 0 saturated carbocycles. The summed E-state index contributed by atoms with van der Waals surface area (Å²) in [6, 6.07) is 16.4. The number of hydrogen-bond donors (Lipinski definition) is 2. The molecule has 2 rings (SSSR count). The van der Waals surface area contributed by atoms with Crippen molar-refractivity contribution in [1.82, 2.24) is 10.6 Å². The van der Waals surface area contributed by atoms with Crippen LogP contribution in [0, 0.1) is 0 Å². The molecule has 2 amide bonds. The van der Waals surface area contributed by atoms with E-state index in [1.807, 2.05) is 42.5 Å². The van der Waals surface area contributed by atoms with Gasteiger partial charge in [0.1, 0.15) is 0 Å². The van der Waals surface area contributed by atoms with Crippen molar-refractivity contribution in [2.75, 3.05) is 13.1 Å². The summed E-state index contributed by atoms with van der Waals surface area (Å²) in [4.78, 5) is 23.5. The molecule has 0 spiro atoms. The van der Waals surface area contributed by atoms with Gasteiger partial charge in [-0.2, -0.15) is 0 Å². The average molecular weight is 331 g/mol. The lowest BCUT2D eigenvalue weighted by atomic mass is 10.1. The third-order valence-electron chi connectivity index (χ3n) is 3.32. The van der Waals surface area contributed by atoms with Gasteiger partial charge in [0.25, 0.3) is 5.91 Å². The second-order valence-corrected chi connectivity index (χ2v) is 5.53. The Balaban J connectivity index is 1.61. The molecule has 120 valence electrons. The van der Waals surface area contributed by atoms with Gasteiger partial charge in [-0.05, 0) is 36.2 Å². The summed E-state index contributed by atoms with van der Waals surface area (Å²) in [5.41, 5.74) is 1.68. The van der Waals surface area contributed by atoms with E-state index in [2.05, 4.69) is 10.6 Å². The van der Waals surface area contributed by atoms with Gasteiger partial charge in [0.05, 0.1) is 0 Å². The van der Waals surface area contributed by atoms with Gasteiger partial charge in [0.15, 0.2) is 0 Å². The first-order chi connectivity index (χ1) is 11.1. The highest BCUT2D eigenvalue weighted by Gasteiger charge is 2.05. The molecule has 0 heterocycles. The average Bonchev–Trinajstić information content (AvgIpc) is 2.59. The van der Waals surface area contributed by atoms with Crippen molar-refractivity contribution in [1.29, 1.82) is 0 Å². The molecule has 4 nitrogen and oxygen atoms in total. The first-order valence-electron chi connectivity index (χ1n) is 7.49. The molecule has 0 saturated heterocycles. The van der Waals surface area contributed by atoms with Crippen LogP contribution in [0.4, 0.5) is 0 Å². The van der Waals surface area contributed by atoms with Gasteiger partial charge in [0.2, 0.25) is 5.91 Å². The summed E-state index contributed by atoms with van der Waals surface area (Å²) in [5, 5.41) is 6.24. The van der Waals surface area contributed by atoms with E-state index in [4.69, 9.17) is 11.6 Å². The fourth-order valence-corrected chi connectivity index (χ4v) is 2.19. The van der Waals surface area contributed by atoms with E-state index in [9.17, 15) is 9.59 Å². The second-order valence-electron chi connectivity index (χ2n) is 5.10. The number of carbonyl (C=O) groups excluding carboxylic acids is 2. The lowest BCUT2D eigenvalue weighted by Crippen LogP contribution is -2.34. The Bertz CT molecular complexity index is 642. The van der Waals surface area contributed by atoms with Gasteiger partial charge in [-0.15, -0.1) is 0 Å². The lowest BCUT2D eigenvalue weighted by Gasteiger charge is -2.07. The van der Waals surface area contributed by atoms with Gasteiger partial charge in [-0.3, -0.25) is 9.59 Å². The number of hydrogen-bond acceptors (Lipinski definition) is 2. The van der Waals surface area contributed by atoms with Crippen LogP contribution in [-0.2, 0) is 11.2 Å². The number of rotatable bonds is 7. The molecule has 0 aromatic heterocycles. The Morgan fingerprint density at radius 2 is 1.52 bits per heavy atom. The largest absolute Gasteiger partial charge is 0.354 e. The summed E-state index contributed by atoms with van der Waals surface area (Å²) in [5.74, 6) is -0.171. The highest BCUT2D eigenvalue weighted by Crippen LogP contribution is 2.10. The minimum Gasteiger partial charge on any atom is -0.354 e. The third-order valence-corrected chi connectivity index (χ3v) is 3.57. The van der Waals surface area contributed by atoms with Crippen LogP contribution >= 0.6 is 11.6 Å². The maximum Gasteiger partial charge on any atom is 0.251 e. The van der Waals surface area contributed by atoms with Crippen molar-refractivity contribution in [3.05, 3.63) is 70.7 Å². The van der Waals surface area contributed by atoms with Crippen LogP contribution in [-0.4, -0.2) is 24.9 Å². The van der Waals surface area contributed by atoms with Crippen molar-refractivity contribution in [3.8, 4) is 0 Å². The Morgan fingerprint density at radius 3 is 2.22 bits per heavy atom. The molecule has 0 atom stereocenters. The fourth-order valence-electron chi connectivity index (χ4n) is 2.07. The number of benzene rings is 2. The van der Waals surface area contributed by atoms with E-state index in [-0.39, 0.29) is 11.8 Å². The fraction of sp³-hybridized carbons (Fsp3) is 0.222. The maximum atomic E-state index is 11.8. The van der Waals surface area contributed by atoms with Crippen LogP contribution in [0.25, 0.3) is 0 Å². The predicted octanol–water partition coefficient (Wildman–Crippen LogP) is 2.82. The molecule has 2 aromatic carbocycles. The van der Waals surface area contributed by atoms with E-state index in [1.54, 1.807) is 12.1 Å². The molecule has 0 aliphatic rings. The standard InChI is InChI=1S/C18H19ClN2O2/c19-16-9-6-14(7-10-16)8-11-17(22)20-12-13-21-18(23)15-4-2-1-3-5-15/h1-7,9-10H,8,11-13H2,(H,20,22)(H,21,23). The van der Waals surface area contributed by atoms with Crippen LogP contribution in [0.1, 0.15) is 22.3 Å². The molecule has 0 radical (unpaired) electrons. The molecule has 23 heavy (non-hydrogen) atoms. The van der Waals surface area contributed by atoms with Crippen LogP contribution in [0.5, 0.6) is 0 Å². The number of amides is 2. The van der Waals surface area contributed by atoms with E-state index in [1.165, 1.54) is 0 Å². The van der Waals surface area contributed by atoms with Gasteiger partial charge >= 0.3 is 0 Å². The van der Waals surface area contributed by atoms with Crippen LogP contribution in [0.15, 0.2) is 54.6 Å². The number of aryl methyl sites for hydroxylation is 1. The van der Waals surface area contributed by atoms with Crippen molar-refractivity contribution in [2.24, 2.45) is 0 Å². The summed E-state index contributed by atoms with van der Waals surface area (Å²) in [7, 11) is 0. The molecular formula is C18H19ClN2O2. The van der Waals surface area contributed by atoms with E-state index >= 15 is 0 Å². The maximum absolute atomic E-state index is 11.8. The Kier molecular flexibility index (Phi) is 6.63. The molecule has 0 aliphatic heterocycles. The normalized spacial score (nSPS) is 10.1. The summed E-state index contributed by atoms with van der Waals surface area (Å²) < 4.78 is 0. The van der Waals surface area contributed by atoms with Crippen molar-refractivity contribution >= 4 is 23.4 Å². The Morgan fingerprint density at radius 1 is 0.870 bits per heavy atom. The first-order valence-corrected chi connectivity index (χ1v) is 7.87. The van der Waals surface area contributed by atoms with E-state index in [0.717, 1.165) is 5.56 Å². The van der Waals surface area contributed by atoms with Crippen LogP contribution < -0.4 is 10.6 Å². The van der Waals surface area contributed by atoms with Gasteiger partial charge < -0.3 is 10.6 Å². The Labute approximate surface area is 140 Å². The van der Waals surface area contributed by atoms with Gasteiger partial charge in [-0.1, -0.05) is 41.9 Å². The highest BCUT2D eigenvalue weighted by molar-refractivity contribution is 6.30. The monoisotopic (exact) mass is 330 g/mol. The smallest absolute Gasteiger partial charge is 0.251 e. The zero-order valence-electron chi connectivity index (χ0n) is 12.7. The molecule has 0 bridgehead atoms. The van der Waals surface area contributed by atoms with Crippen molar-refractivity contribution < 1.29 is 9.59 Å². The molecular weight excluding hydrogens is 312 g/mol. The number of nitrogens with one attached hydrogen (secondary N) is 2. The summed E-state index contributed by atoms with van der Waals surface area (Å²) in [6.45, 7) is 0.818. The lowest BCUT2D eigenvalue weighted by molar-refractivity contribution is -0.121. The molecule has 2 N–H and O–H groups in total. The zero-order chi connectivity index (χ0) is 16.5. The van der Waals surface area contributed by atoms with Crippen LogP contribution in [0.2, 0.25) is 5.02 Å². The van der Waals surface area contributed by atoms with E-state index in [0.29, 0.717) is 36.5 Å². The van der Waals surface area contributed by atoms with Crippen LogP contribution in [0.3, 0.4) is 0 Å². The minimum absolute atomic E-state index is 0.0334. The SMILES string of the molecule is O=C(CCc1ccc(Cl)cc1)NCCNC(=O)c1ccccc1. The molecule has 0 fully saturated rings. The topological polar surface area (TPSA) is 58.2 Å². The number of carbonyl (C=O) groups is 2. The zero-order valence-corrected chi connectivity index (χ0v) is 13.5. The van der Waals surface area contributed by atoms with Gasteiger partial charge in [0, 0.05) is 30.1 Å². The number of halogens is 1. The minimum atomic E-state index is -0.138. The first kappa shape index (κ1) is 17.0. The van der Waals surface area contributed by atoms with Crippen molar-refractivity contribution in [2.45, 2.75) is 12.8 Å². The quantitative estimate of drug-likeness (QED) is 0.767.